The van der Waals surface area contributed by atoms with E-state index in [4.69, 9.17) is 9.47 Å². The van der Waals surface area contributed by atoms with Gasteiger partial charge in [0.2, 0.25) is 0 Å². The van der Waals surface area contributed by atoms with E-state index < -0.39 is 5.60 Å². The van der Waals surface area contributed by atoms with Crippen LogP contribution in [0.25, 0.3) is 0 Å². The molecule has 3 nitrogen and oxygen atoms in total. The van der Waals surface area contributed by atoms with Gasteiger partial charge in [-0.3, -0.25) is 4.79 Å². The normalized spacial score (nSPS) is 14.1. The van der Waals surface area contributed by atoms with Crippen molar-refractivity contribution in [3.63, 3.8) is 0 Å². The summed E-state index contributed by atoms with van der Waals surface area (Å²) in [6, 6.07) is 4.02. The van der Waals surface area contributed by atoms with Crippen LogP contribution < -0.4 is 4.74 Å². The highest BCUT2D eigenvalue weighted by molar-refractivity contribution is 9.10. The van der Waals surface area contributed by atoms with E-state index in [1.54, 1.807) is 0 Å². The van der Waals surface area contributed by atoms with Gasteiger partial charge >= 0.3 is 0 Å². The van der Waals surface area contributed by atoms with E-state index in [-0.39, 0.29) is 5.78 Å². The Hall–Kier alpha value is -0.870. The van der Waals surface area contributed by atoms with Crippen LogP contribution in [0.2, 0.25) is 0 Å². The summed E-state index contributed by atoms with van der Waals surface area (Å²) in [5.41, 5.74) is 1.37. The molecule has 0 atom stereocenters. The maximum atomic E-state index is 12.3. The Morgan fingerprint density at radius 2 is 2.21 bits per heavy atom. The molecule has 0 bridgehead atoms. The molecular weight excluding hydrogens is 308 g/mol. The molecular formula is C15H19BrO3. The van der Waals surface area contributed by atoms with Crippen LogP contribution in [0.1, 0.15) is 31.9 Å². The van der Waals surface area contributed by atoms with Gasteiger partial charge in [0.15, 0.2) is 5.78 Å². The zero-order valence-electron chi connectivity index (χ0n) is 11.6. The first kappa shape index (κ1) is 14.5. The summed E-state index contributed by atoms with van der Waals surface area (Å²) in [5.74, 6) is 0.953. The van der Waals surface area contributed by atoms with Crippen molar-refractivity contribution in [3.05, 3.63) is 27.7 Å². The minimum atomic E-state index is -0.747. The summed E-state index contributed by atoms with van der Waals surface area (Å²) in [6.07, 6.45) is 1.25. The number of hydrogen-bond donors (Lipinski definition) is 0. The minimum Gasteiger partial charge on any atom is -0.493 e. The summed E-state index contributed by atoms with van der Waals surface area (Å²) in [7, 11) is 0. The number of fused-ring (bicyclic) bond motifs is 1. The van der Waals surface area contributed by atoms with Crippen molar-refractivity contribution in [2.24, 2.45) is 0 Å². The molecule has 0 saturated carbocycles. The fraction of sp³-hybridized carbons (Fsp3) is 0.533. The first-order chi connectivity index (χ1) is 8.94. The zero-order valence-corrected chi connectivity index (χ0v) is 13.2. The molecule has 1 aliphatic heterocycles. The van der Waals surface area contributed by atoms with E-state index in [2.05, 4.69) is 22.0 Å². The number of ether oxygens (including phenoxy) is 2. The number of halogens is 1. The van der Waals surface area contributed by atoms with Gasteiger partial charge in [0, 0.05) is 29.5 Å². The average Bonchev–Trinajstić information content (AvgIpc) is 2.76. The Labute approximate surface area is 122 Å². The number of rotatable bonds is 5. The molecule has 104 valence electrons. The maximum absolute atomic E-state index is 12.3. The summed E-state index contributed by atoms with van der Waals surface area (Å²) in [6.45, 7) is 6.76. The van der Waals surface area contributed by atoms with Gasteiger partial charge in [-0.15, -0.1) is 0 Å². The van der Waals surface area contributed by atoms with Gasteiger partial charge in [-0.25, -0.2) is 0 Å². The van der Waals surface area contributed by atoms with Crippen LogP contribution in [0.15, 0.2) is 16.6 Å². The van der Waals surface area contributed by atoms with E-state index >= 15 is 0 Å². The fourth-order valence-corrected chi connectivity index (χ4v) is 2.86. The highest BCUT2D eigenvalue weighted by atomic mass is 79.9. The first-order valence-corrected chi connectivity index (χ1v) is 7.34. The van der Waals surface area contributed by atoms with E-state index in [0.29, 0.717) is 19.6 Å². The van der Waals surface area contributed by atoms with Crippen molar-refractivity contribution in [2.75, 3.05) is 13.2 Å². The Balaban J connectivity index is 2.22. The molecule has 1 heterocycles. The molecule has 1 aliphatic rings. The molecule has 0 saturated heterocycles. The Morgan fingerprint density at radius 3 is 2.89 bits per heavy atom. The van der Waals surface area contributed by atoms with Crippen LogP contribution in [0.4, 0.5) is 0 Å². The van der Waals surface area contributed by atoms with Crippen molar-refractivity contribution in [2.45, 2.75) is 39.2 Å². The molecule has 1 aromatic carbocycles. The molecule has 2 rings (SSSR count). The molecule has 1 aromatic rings. The van der Waals surface area contributed by atoms with Crippen molar-refractivity contribution in [3.8, 4) is 5.75 Å². The molecule has 4 heteroatoms. The quantitative estimate of drug-likeness (QED) is 0.832. The predicted octanol–water partition coefficient (Wildman–Crippen LogP) is 3.31. The molecule has 0 unspecified atom stereocenters. The summed E-state index contributed by atoms with van der Waals surface area (Å²) >= 11 is 3.49. The summed E-state index contributed by atoms with van der Waals surface area (Å²) < 4.78 is 12.1. The maximum Gasteiger partial charge on any atom is 0.168 e. The van der Waals surface area contributed by atoms with E-state index in [1.165, 1.54) is 5.56 Å². The Morgan fingerprint density at radius 1 is 1.47 bits per heavy atom. The van der Waals surface area contributed by atoms with Crippen molar-refractivity contribution < 1.29 is 14.3 Å². The van der Waals surface area contributed by atoms with Gasteiger partial charge in [-0.2, -0.15) is 0 Å². The number of hydrogen-bond acceptors (Lipinski definition) is 3. The van der Waals surface area contributed by atoms with E-state index in [9.17, 15) is 4.79 Å². The van der Waals surface area contributed by atoms with E-state index in [0.717, 1.165) is 22.2 Å². The van der Waals surface area contributed by atoms with Gasteiger partial charge < -0.3 is 9.47 Å². The van der Waals surface area contributed by atoms with Crippen molar-refractivity contribution in [1.82, 2.24) is 0 Å². The second kappa shape index (κ2) is 5.63. The van der Waals surface area contributed by atoms with Crippen LogP contribution in [0, 0.1) is 0 Å². The minimum absolute atomic E-state index is 0.0742. The largest absolute Gasteiger partial charge is 0.493 e. The molecule has 0 spiro atoms. The smallest absolute Gasteiger partial charge is 0.168 e. The highest BCUT2D eigenvalue weighted by Crippen LogP contribution is 2.34. The van der Waals surface area contributed by atoms with Crippen LogP contribution in [-0.4, -0.2) is 24.6 Å². The fourth-order valence-electron chi connectivity index (χ4n) is 2.30. The molecule has 0 aliphatic carbocycles. The predicted molar refractivity (Wildman–Crippen MR) is 77.8 cm³/mol. The molecule has 0 amide bonds. The lowest BCUT2D eigenvalue weighted by Gasteiger charge is -2.23. The highest BCUT2D eigenvalue weighted by Gasteiger charge is 2.29. The van der Waals surface area contributed by atoms with Crippen LogP contribution in [-0.2, 0) is 22.4 Å². The monoisotopic (exact) mass is 326 g/mol. The number of carbonyl (C=O) groups excluding carboxylic acids is 1. The average molecular weight is 327 g/mol. The lowest BCUT2D eigenvalue weighted by molar-refractivity contribution is -0.139. The van der Waals surface area contributed by atoms with Crippen LogP contribution >= 0.6 is 15.9 Å². The lowest BCUT2D eigenvalue weighted by atomic mass is 9.95. The summed E-state index contributed by atoms with van der Waals surface area (Å²) in [5, 5.41) is 0. The topological polar surface area (TPSA) is 35.5 Å². The number of ketones is 1. The van der Waals surface area contributed by atoms with Crippen LogP contribution in [0.3, 0.4) is 0 Å². The molecule has 0 aromatic heterocycles. The van der Waals surface area contributed by atoms with Gasteiger partial charge in [-0.1, -0.05) is 15.9 Å². The van der Waals surface area contributed by atoms with Gasteiger partial charge in [-0.05, 0) is 38.5 Å². The molecule has 19 heavy (non-hydrogen) atoms. The second-order valence-electron chi connectivity index (χ2n) is 5.19. The lowest BCUT2D eigenvalue weighted by Crippen LogP contribution is -2.36. The molecule has 0 radical (unpaired) electrons. The van der Waals surface area contributed by atoms with Gasteiger partial charge in [0.25, 0.3) is 0 Å². The number of carbonyl (C=O) groups is 1. The Kier molecular flexibility index (Phi) is 4.31. The first-order valence-electron chi connectivity index (χ1n) is 6.55. The third-order valence-corrected chi connectivity index (χ3v) is 3.81. The van der Waals surface area contributed by atoms with E-state index in [1.807, 2.05) is 26.8 Å². The summed E-state index contributed by atoms with van der Waals surface area (Å²) in [4.78, 5) is 12.3. The molecule has 0 fully saturated rings. The van der Waals surface area contributed by atoms with Crippen molar-refractivity contribution in [1.29, 1.82) is 0 Å². The second-order valence-corrected chi connectivity index (χ2v) is 6.11. The van der Waals surface area contributed by atoms with Crippen molar-refractivity contribution >= 4 is 21.7 Å². The van der Waals surface area contributed by atoms with Crippen LogP contribution in [0.5, 0.6) is 5.75 Å². The van der Waals surface area contributed by atoms with Gasteiger partial charge in [0.05, 0.1) is 6.61 Å². The number of Topliss-reactive ketones (excluding diaryl/α,β-unsaturated/α-hetero) is 1. The third kappa shape index (κ3) is 3.18. The third-order valence-electron chi connectivity index (χ3n) is 3.35. The standard InChI is InChI=1S/C15H19BrO3/c1-4-19-15(2,3)13(17)9-11-8-12(16)7-10-5-6-18-14(10)11/h7-8H,4-6,9H2,1-3H3. The van der Waals surface area contributed by atoms with Gasteiger partial charge in [0.1, 0.15) is 11.4 Å². The Bertz CT molecular complexity index is 494. The zero-order chi connectivity index (χ0) is 14.0. The molecule has 0 N–H and O–H groups in total. The SMILES string of the molecule is CCOC(C)(C)C(=O)Cc1cc(Br)cc2c1OCC2. The number of benzene rings is 1.